The maximum atomic E-state index is 13.2. The van der Waals surface area contributed by atoms with Crippen molar-refractivity contribution < 1.29 is 14.2 Å². The summed E-state index contributed by atoms with van der Waals surface area (Å²) < 4.78 is 18.9. The van der Waals surface area contributed by atoms with E-state index in [1.54, 1.807) is 0 Å². The third-order valence-electron chi connectivity index (χ3n) is 3.33. The molecule has 0 aliphatic carbocycles. The SMILES string of the molecule is OCc1cc(F)cnc1N1CCOc2ccccc2C1. The highest BCUT2D eigenvalue weighted by molar-refractivity contribution is 5.49. The van der Waals surface area contributed by atoms with Gasteiger partial charge in [-0.3, -0.25) is 0 Å². The van der Waals surface area contributed by atoms with Gasteiger partial charge >= 0.3 is 0 Å². The Morgan fingerprint density at radius 3 is 3.05 bits per heavy atom. The van der Waals surface area contributed by atoms with Crippen LogP contribution in [0.4, 0.5) is 10.2 Å². The summed E-state index contributed by atoms with van der Waals surface area (Å²) in [5.74, 6) is 1.03. The summed E-state index contributed by atoms with van der Waals surface area (Å²) in [6.45, 7) is 1.56. The van der Waals surface area contributed by atoms with E-state index in [1.807, 2.05) is 29.2 Å². The van der Waals surface area contributed by atoms with Crippen LogP contribution < -0.4 is 9.64 Å². The molecule has 0 saturated carbocycles. The Morgan fingerprint density at radius 1 is 1.35 bits per heavy atom. The van der Waals surface area contributed by atoms with Crippen molar-refractivity contribution in [2.24, 2.45) is 0 Å². The van der Waals surface area contributed by atoms with Crippen LogP contribution in [0.2, 0.25) is 0 Å². The minimum atomic E-state index is -0.440. The predicted molar refractivity (Wildman–Crippen MR) is 73.1 cm³/mol. The topological polar surface area (TPSA) is 45.6 Å². The summed E-state index contributed by atoms with van der Waals surface area (Å²) in [5, 5.41) is 9.37. The maximum absolute atomic E-state index is 13.2. The second kappa shape index (κ2) is 5.46. The minimum Gasteiger partial charge on any atom is -0.491 e. The molecule has 0 radical (unpaired) electrons. The number of para-hydroxylation sites is 1. The molecule has 0 saturated heterocycles. The number of pyridine rings is 1. The molecule has 104 valence electrons. The van der Waals surface area contributed by atoms with Gasteiger partial charge in [-0.2, -0.15) is 0 Å². The lowest BCUT2D eigenvalue weighted by Crippen LogP contribution is -2.27. The monoisotopic (exact) mass is 274 g/mol. The van der Waals surface area contributed by atoms with Crippen LogP contribution in [0, 0.1) is 5.82 Å². The van der Waals surface area contributed by atoms with Crippen LogP contribution in [0.25, 0.3) is 0 Å². The highest BCUT2D eigenvalue weighted by Gasteiger charge is 2.18. The first-order valence-corrected chi connectivity index (χ1v) is 6.49. The molecule has 0 spiro atoms. The van der Waals surface area contributed by atoms with Crippen molar-refractivity contribution in [3.8, 4) is 5.75 Å². The third kappa shape index (κ3) is 2.44. The van der Waals surface area contributed by atoms with Crippen LogP contribution in [-0.2, 0) is 13.2 Å². The van der Waals surface area contributed by atoms with Gasteiger partial charge in [-0.05, 0) is 12.1 Å². The number of aliphatic hydroxyl groups is 1. The standard InChI is InChI=1S/C15H15FN2O2/c16-13-7-12(10-19)15(17-8-13)18-5-6-20-14-4-2-1-3-11(14)9-18/h1-4,7-8,19H,5-6,9-10H2. The summed E-state index contributed by atoms with van der Waals surface area (Å²) >= 11 is 0. The molecule has 0 bridgehead atoms. The number of rotatable bonds is 2. The molecule has 1 aliphatic rings. The van der Waals surface area contributed by atoms with Crippen molar-refractivity contribution >= 4 is 5.82 Å². The molecule has 1 aromatic heterocycles. The molecule has 20 heavy (non-hydrogen) atoms. The van der Waals surface area contributed by atoms with E-state index in [1.165, 1.54) is 12.3 Å². The van der Waals surface area contributed by atoms with Gasteiger partial charge in [0.1, 0.15) is 24.0 Å². The van der Waals surface area contributed by atoms with Crippen LogP contribution in [0.15, 0.2) is 36.5 Å². The van der Waals surface area contributed by atoms with Gasteiger partial charge in [0.15, 0.2) is 0 Å². The number of anilines is 1. The molecule has 0 unspecified atom stereocenters. The minimum absolute atomic E-state index is 0.237. The van der Waals surface area contributed by atoms with Crippen LogP contribution in [-0.4, -0.2) is 23.2 Å². The van der Waals surface area contributed by atoms with E-state index < -0.39 is 5.82 Å². The highest BCUT2D eigenvalue weighted by atomic mass is 19.1. The Balaban J connectivity index is 1.95. The van der Waals surface area contributed by atoms with E-state index >= 15 is 0 Å². The largest absolute Gasteiger partial charge is 0.491 e. The fraction of sp³-hybridized carbons (Fsp3) is 0.267. The summed E-state index contributed by atoms with van der Waals surface area (Å²) in [6, 6.07) is 9.14. The molecule has 1 N–H and O–H groups in total. The molecular weight excluding hydrogens is 259 g/mol. The number of ether oxygens (including phenoxy) is 1. The van der Waals surface area contributed by atoms with Crippen molar-refractivity contribution in [1.29, 1.82) is 0 Å². The average Bonchev–Trinajstić information content (AvgIpc) is 2.69. The normalized spacial score (nSPS) is 14.4. The zero-order valence-corrected chi connectivity index (χ0v) is 10.9. The van der Waals surface area contributed by atoms with Crippen LogP contribution >= 0.6 is 0 Å². The molecule has 2 aromatic rings. The lowest BCUT2D eigenvalue weighted by molar-refractivity contribution is 0.280. The van der Waals surface area contributed by atoms with Crippen LogP contribution in [0.3, 0.4) is 0 Å². The van der Waals surface area contributed by atoms with Gasteiger partial charge in [0, 0.05) is 17.7 Å². The molecule has 3 rings (SSSR count). The summed E-state index contributed by atoms with van der Waals surface area (Å²) in [4.78, 5) is 6.12. The highest BCUT2D eigenvalue weighted by Crippen LogP contribution is 2.27. The molecule has 0 atom stereocenters. The first kappa shape index (κ1) is 12.9. The van der Waals surface area contributed by atoms with Gasteiger partial charge in [-0.25, -0.2) is 9.37 Å². The van der Waals surface area contributed by atoms with E-state index in [4.69, 9.17) is 4.74 Å². The Labute approximate surface area is 116 Å². The molecule has 1 aromatic carbocycles. The van der Waals surface area contributed by atoms with Crippen LogP contribution in [0.1, 0.15) is 11.1 Å². The van der Waals surface area contributed by atoms with Gasteiger partial charge in [-0.1, -0.05) is 18.2 Å². The van der Waals surface area contributed by atoms with Crippen molar-refractivity contribution in [2.45, 2.75) is 13.2 Å². The second-order valence-electron chi connectivity index (χ2n) is 4.67. The van der Waals surface area contributed by atoms with Crippen LogP contribution in [0.5, 0.6) is 5.75 Å². The lowest BCUT2D eigenvalue weighted by atomic mass is 10.2. The zero-order valence-electron chi connectivity index (χ0n) is 10.9. The van der Waals surface area contributed by atoms with Gasteiger partial charge < -0.3 is 14.7 Å². The number of aliphatic hydroxyl groups excluding tert-OH is 1. The molecule has 2 heterocycles. The fourth-order valence-electron chi connectivity index (χ4n) is 2.38. The maximum Gasteiger partial charge on any atom is 0.142 e. The molecule has 0 amide bonds. The Hall–Kier alpha value is -2.14. The molecule has 5 heteroatoms. The number of fused-ring (bicyclic) bond motifs is 1. The lowest BCUT2D eigenvalue weighted by Gasteiger charge is -2.23. The number of benzene rings is 1. The number of nitrogens with zero attached hydrogens (tertiary/aromatic N) is 2. The van der Waals surface area contributed by atoms with E-state index in [2.05, 4.69) is 4.98 Å². The number of halogens is 1. The van der Waals surface area contributed by atoms with E-state index in [0.29, 0.717) is 31.1 Å². The molecule has 1 aliphatic heterocycles. The smallest absolute Gasteiger partial charge is 0.142 e. The Kier molecular flexibility index (Phi) is 3.52. The number of hydrogen-bond acceptors (Lipinski definition) is 4. The average molecular weight is 274 g/mol. The zero-order chi connectivity index (χ0) is 13.9. The first-order chi connectivity index (χ1) is 9.78. The predicted octanol–water partition coefficient (Wildman–Crippen LogP) is 2.11. The van der Waals surface area contributed by atoms with E-state index in [9.17, 15) is 9.50 Å². The Bertz CT molecular complexity index is 619. The van der Waals surface area contributed by atoms with Gasteiger partial charge in [0.25, 0.3) is 0 Å². The fourth-order valence-corrected chi connectivity index (χ4v) is 2.38. The van der Waals surface area contributed by atoms with Crippen molar-refractivity contribution in [2.75, 3.05) is 18.1 Å². The van der Waals surface area contributed by atoms with Crippen molar-refractivity contribution in [1.82, 2.24) is 4.98 Å². The van der Waals surface area contributed by atoms with E-state index in [-0.39, 0.29) is 6.61 Å². The van der Waals surface area contributed by atoms with Gasteiger partial charge in [-0.15, -0.1) is 0 Å². The number of hydrogen-bond donors (Lipinski definition) is 1. The second-order valence-corrected chi connectivity index (χ2v) is 4.67. The first-order valence-electron chi connectivity index (χ1n) is 6.49. The summed E-state index contributed by atoms with van der Waals surface area (Å²) in [7, 11) is 0. The quantitative estimate of drug-likeness (QED) is 0.911. The molecule has 0 fully saturated rings. The number of aromatic nitrogens is 1. The third-order valence-corrected chi connectivity index (χ3v) is 3.33. The Morgan fingerprint density at radius 2 is 2.20 bits per heavy atom. The van der Waals surface area contributed by atoms with Gasteiger partial charge in [0.2, 0.25) is 0 Å². The summed E-state index contributed by atoms with van der Waals surface area (Å²) in [5.41, 5.74) is 1.55. The van der Waals surface area contributed by atoms with E-state index in [0.717, 1.165) is 11.3 Å². The van der Waals surface area contributed by atoms with Crippen molar-refractivity contribution in [3.05, 3.63) is 53.5 Å². The van der Waals surface area contributed by atoms with Gasteiger partial charge in [0.05, 0.1) is 19.3 Å². The molecular formula is C15H15FN2O2. The molecule has 4 nitrogen and oxygen atoms in total. The summed E-state index contributed by atoms with van der Waals surface area (Å²) in [6.07, 6.45) is 1.17. The van der Waals surface area contributed by atoms with Crippen molar-refractivity contribution in [3.63, 3.8) is 0 Å².